The van der Waals surface area contributed by atoms with Crippen molar-refractivity contribution in [3.8, 4) is 0 Å². The first-order chi connectivity index (χ1) is 8.66. The Hall–Kier alpha value is -0.810. The number of anilines is 2. The molecule has 1 saturated heterocycles. The van der Waals surface area contributed by atoms with E-state index in [4.69, 9.17) is 5.73 Å². The third-order valence-corrected chi connectivity index (χ3v) is 4.22. The second kappa shape index (κ2) is 6.38. The van der Waals surface area contributed by atoms with Gasteiger partial charge in [0.05, 0.1) is 22.0 Å². The van der Waals surface area contributed by atoms with Crippen molar-refractivity contribution in [1.29, 1.82) is 0 Å². The highest BCUT2D eigenvalue weighted by Gasteiger charge is 2.16. The molecule has 2 rings (SSSR count). The van der Waals surface area contributed by atoms with Gasteiger partial charge in [0.25, 0.3) is 0 Å². The van der Waals surface area contributed by atoms with Gasteiger partial charge in [0.2, 0.25) is 0 Å². The number of nitrogens with two attached hydrogens (primary N) is 1. The van der Waals surface area contributed by atoms with Crippen LogP contribution in [0.4, 0.5) is 11.4 Å². The van der Waals surface area contributed by atoms with Crippen molar-refractivity contribution >= 4 is 27.3 Å². The van der Waals surface area contributed by atoms with E-state index in [2.05, 4.69) is 38.2 Å². The standard InChI is InChI=1S/C13H21BrN4/c1-18-6-3-10(4-7-18)2-5-17-13-11(14)8-16-9-12(13)15/h8-10H,2-7,15H2,1H3,(H,16,17). The fraction of sp³-hybridized carbons (Fsp3) is 0.615. The van der Waals surface area contributed by atoms with Crippen LogP contribution in [0.2, 0.25) is 0 Å². The van der Waals surface area contributed by atoms with Crippen molar-refractivity contribution in [2.24, 2.45) is 5.92 Å². The van der Waals surface area contributed by atoms with Gasteiger partial charge in [-0.3, -0.25) is 4.98 Å². The van der Waals surface area contributed by atoms with Gasteiger partial charge in [0.15, 0.2) is 0 Å². The second-order valence-corrected chi connectivity index (χ2v) is 5.90. The number of likely N-dealkylation sites (tertiary alicyclic amines) is 1. The Bertz CT molecular complexity index is 368. The van der Waals surface area contributed by atoms with E-state index < -0.39 is 0 Å². The Morgan fingerprint density at radius 2 is 2.17 bits per heavy atom. The van der Waals surface area contributed by atoms with E-state index in [-0.39, 0.29) is 0 Å². The van der Waals surface area contributed by atoms with E-state index in [9.17, 15) is 0 Å². The number of nitrogens with one attached hydrogen (secondary N) is 1. The number of hydrogen-bond acceptors (Lipinski definition) is 4. The van der Waals surface area contributed by atoms with Gasteiger partial charge in [-0.2, -0.15) is 0 Å². The van der Waals surface area contributed by atoms with Crippen LogP contribution < -0.4 is 11.1 Å². The van der Waals surface area contributed by atoms with E-state index in [1.165, 1.54) is 32.4 Å². The lowest BCUT2D eigenvalue weighted by atomic mass is 9.94. The molecule has 0 saturated carbocycles. The van der Waals surface area contributed by atoms with Crippen molar-refractivity contribution in [2.45, 2.75) is 19.3 Å². The Balaban J connectivity index is 1.78. The monoisotopic (exact) mass is 312 g/mol. The van der Waals surface area contributed by atoms with Crippen molar-refractivity contribution in [3.05, 3.63) is 16.9 Å². The molecule has 0 aliphatic carbocycles. The van der Waals surface area contributed by atoms with Gasteiger partial charge >= 0.3 is 0 Å². The topological polar surface area (TPSA) is 54.2 Å². The number of rotatable bonds is 4. The third kappa shape index (κ3) is 3.59. The maximum Gasteiger partial charge on any atom is 0.0750 e. The van der Waals surface area contributed by atoms with E-state index in [0.717, 1.165) is 22.6 Å². The van der Waals surface area contributed by atoms with E-state index in [1.807, 2.05) is 0 Å². The predicted molar refractivity (Wildman–Crippen MR) is 79.7 cm³/mol. The zero-order valence-electron chi connectivity index (χ0n) is 10.8. The molecular formula is C13H21BrN4. The van der Waals surface area contributed by atoms with Crippen LogP contribution in [0.5, 0.6) is 0 Å². The van der Waals surface area contributed by atoms with Gasteiger partial charge in [-0.15, -0.1) is 0 Å². The number of aromatic nitrogens is 1. The second-order valence-electron chi connectivity index (χ2n) is 5.05. The predicted octanol–water partition coefficient (Wildman–Crippen LogP) is 2.57. The fourth-order valence-electron chi connectivity index (χ4n) is 2.39. The summed E-state index contributed by atoms with van der Waals surface area (Å²) in [5.41, 5.74) is 7.57. The van der Waals surface area contributed by atoms with Gasteiger partial charge in [0.1, 0.15) is 0 Å². The summed E-state index contributed by atoms with van der Waals surface area (Å²) in [5.74, 6) is 0.843. The summed E-state index contributed by atoms with van der Waals surface area (Å²) < 4.78 is 0.936. The number of pyridine rings is 1. The molecule has 1 aliphatic heterocycles. The zero-order valence-corrected chi connectivity index (χ0v) is 12.4. The molecule has 0 radical (unpaired) electrons. The lowest BCUT2D eigenvalue weighted by Gasteiger charge is -2.29. The molecule has 1 fully saturated rings. The van der Waals surface area contributed by atoms with E-state index in [1.54, 1.807) is 12.4 Å². The molecule has 0 spiro atoms. The molecule has 0 unspecified atom stereocenters. The maximum absolute atomic E-state index is 5.90. The highest BCUT2D eigenvalue weighted by Crippen LogP contribution is 2.27. The van der Waals surface area contributed by atoms with Gasteiger partial charge < -0.3 is 16.0 Å². The highest BCUT2D eigenvalue weighted by molar-refractivity contribution is 9.10. The molecule has 4 nitrogen and oxygen atoms in total. The number of nitrogens with zero attached hydrogens (tertiary/aromatic N) is 2. The Kier molecular flexibility index (Phi) is 4.83. The molecule has 0 amide bonds. The summed E-state index contributed by atoms with van der Waals surface area (Å²) in [4.78, 5) is 6.44. The molecule has 0 aromatic carbocycles. The van der Waals surface area contributed by atoms with Crippen molar-refractivity contribution < 1.29 is 0 Å². The van der Waals surface area contributed by atoms with Crippen LogP contribution in [0.1, 0.15) is 19.3 Å². The quantitative estimate of drug-likeness (QED) is 0.897. The molecule has 5 heteroatoms. The van der Waals surface area contributed by atoms with Crippen LogP contribution >= 0.6 is 15.9 Å². The van der Waals surface area contributed by atoms with E-state index in [0.29, 0.717) is 5.69 Å². The number of nitrogen functional groups attached to an aromatic ring is 1. The van der Waals surface area contributed by atoms with Crippen LogP contribution in [0.3, 0.4) is 0 Å². The molecule has 1 aliphatic rings. The normalized spacial score (nSPS) is 17.9. The minimum atomic E-state index is 0.702. The summed E-state index contributed by atoms with van der Waals surface area (Å²) in [6.45, 7) is 3.43. The SMILES string of the molecule is CN1CCC(CCNc2c(N)cncc2Br)CC1. The number of halogens is 1. The van der Waals surface area contributed by atoms with Crippen LogP contribution in [0.25, 0.3) is 0 Å². The molecule has 1 aromatic rings. The molecule has 100 valence electrons. The van der Waals surface area contributed by atoms with Gasteiger partial charge in [-0.1, -0.05) is 0 Å². The van der Waals surface area contributed by atoms with E-state index >= 15 is 0 Å². The van der Waals surface area contributed by atoms with Crippen LogP contribution in [-0.4, -0.2) is 36.6 Å². The lowest BCUT2D eigenvalue weighted by molar-refractivity contribution is 0.215. The molecule has 0 atom stereocenters. The number of piperidine rings is 1. The molecule has 3 N–H and O–H groups in total. The first-order valence-corrected chi connectivity index (χ1v) is 7.27. The first-order valence-electron chi connectivity index (χ1n) is 6.48. The average Bonchev–Trinajstić information content (AvgIpc) is 2.35. The molecule has 18 heavy (non-hydrogen) atoms. The smallest absolute Gasteiger partial charge is 0.0750 e. The Morgan fingerprint density at radius 1 is 1.44 bits per heavy atom. The molecular weight excluding hydrogens is 292 g/mol. The molecule has 1 aromatic heterocycles. The van der Waals surface area contributed by atoms with Crippen LogP contribution in [0.15, 0.2) is 16.9 Å². The largest absolute Gasteiger partial charge is 0.396 e. The van der Waals surface area contributed by atoms with Crippen molar-refractivity contribution in [2.75, 3.05) is 37.7 Å². The fourth-order valence-corrected chi connectivity index (χ4v) is 2.88. The van der Waals surface area contributed by atoms with Crippen molar-refractivity contribution in [1.82, 2.24) is 9.88 Å². The maximum atomic E-state index is 5.90. The summed E-state index contributed by atoms with van der Waals surface area (Å²) in [6, 6.07) is 0. The Morgan fingerprint density at radius 3 is 2.83 bits per heavy atom. The summed E-state index contributed by atoms with van der Waals surface area (Å²) in [7, 11) is 2.20. The molecule has 2 heterocycles. The van der Waals surface area contributed by atoms with Crippen LogP contribution in [0, 0.1) is 5.92 Å². The third-order valence-electron chi connectivity index (χ3n) is 3.62. The minimum Gasteiger partial charge on any atom is -0.396 e. The van der Waals surface area contributed by atoms with Gasteiger partial charge in [-0.25, -0.2) is 0 Å². The highest BCUT2D eigenvalue weighted by atomic mass is 79.9. The zero-order chi connectivity index (χ0) is 13.0. The minimum absolute atomic E-state index is 0.702. The Labute approximate surface area is 117 Å². The van der Waals surface area contributed by atoms with Gasteiger partial charge in [0, 0.05) is 12.7 Å². The summed E-state index contributed by atoms with van der Waals surface area (Å²) in [6.07, 6.45) is 7.29. The summed E-state index contributed by atoms with van der Waals surface area (Å²) in [5, 5.41) is 3.41. The average molecular weight is 313 g/mol. The van der Waals surface area contributed by atoms with Crippen molar-refractivity contribution in [3.63, 3.8) is 0 Å². The summed E-state index contributed by atoms with van der Waals surface area (Å²) >= 11 is 3.47. The van der Waals surface area contributed by atoms with Gasteiger partial charge in [-0.05, 0) is 61.2 Å². The molecule has 0 bridgehead atoms. The first kappa shape index (κ1) is 13.6. The lowest BCUT2D eigenvalue weighted by Crippen LogP contribution is -2.30. The van der Waals surface area contributed by atoms with Crippen LogP contribution in [-0.2, 0) is 0 Å². The number of hydrogen-bond donors (Lipinski definition) is 2.